The topological polar surface area (TPSA) is 79.4 Å². The Bertz CT molecular complexity index is 727. The van der Waals surface area contributed by atoms with Crippen LogP contribution in [0.25, 0.3) is 0 Å². The molecule has 1 atom stereocenters. The summed E-state index contributed by atoms with van der Waals surface area (Å²) in [5.41, 5.74) is 1.28. The lowest BCUT2D eigenvalue weighted by Gasteiger charge is -2.29. The molecule has 1 aliphatic heterocycles. The SMILES string of the molecule is CCN(c1ccnc(C(=O)NC2CCCCCC2)c1)C1CCS(=O)(=O)C1. The number of carbonyl (C=O) groups excluding carboxylic acids is 1. The van der Waals surface area contributed by atoms with E-state index in [0.29, 0.717) is 18.7 Å². The molecule has 1 aromatic heterocycles. The minimum atomic E-state index is -2.94. The van der Waals surface area contributed by atoms with Crippen molar-refractivity contribution in [3.8, 4) is 0 Å². The Morgan fingerprint density at radius 3 is 2.58 bits per heavy atom. The van der Waals surface area contributed by atoms with Crippen molar-refractivity contribution in [2.24, 2.45) is 0 Å². The molecule has 2 aliphatic rings. The van der Waals surface area contributed by atoms with Crippen molar-refractivity contribution in [1.29, 1.82) is 0 Å². The van der Waals surface area contributed by atoms with Crippen LogP contribution >= 0.6 is 0 Å². The summed E-state index contributed by atoms with van der Waals surface area (Å²) in [6.45, 7) is 2.71. The minimum Gasteiger partial charge on any atom is -0.368 e. The van der Waals surface area contributed by atoms with Crippen LogP contribution in [0.15, 0.2) is 18.3 Å². The minimum absolute atomic E-state index is 0.0230. The number of amides is 1. The summed E-state index contributed by atoms with van der Waals surface area (Å²) >= 11 is 0. The van der Waals surface area contributed by atoms with Crippen LogP contribution in [0.2, 0.25) is 0 Å². The standard InChI is InChI=1S/C19H29N3O3S/c1-2-22(17-10-12-26(24,25)14-17)16-9-11-20-18(13-16)19(23)21-15-7-5-3-4-6-8-15/h9,11,13,15,17H,2-8,10,12,14H2,1H3,(H,21,23). The quantitative estimate of drug-likeness (QED) is 0.796. The zero-order valence-electron chi connectivity index (χ0n) is 15.5. The third-order valence-electron chi connectivity index (χ3n) is 5.49. The smallest absolute Gasteiger partial charge is 0.270 e. The number of hydrogen-bond donors (Lipinski definition) is 1. The third kappa shape index (κ3) is 4.75. The fourth-order valence-electron chi connectivity index (χ4n) is 4.08. The Balaban J connectivity index is 1.71. The molecule has 1 aromatic rings. The van der Waals surface area contributed by atoms with E-state index in [0.717, 1.165) is 31.4 Å². The summed E-state index contributed by atoms with van der Waals surface area (Å²) in [5, 5.41) is 3.13. The molecule has 1 N–H and O–H groups in total. The van der Waals surface area contributed by atoms with Crippen molar-refractivity contribution in [1.82, 2.24) is 10.3 Å². The van der Waals surface area contributed by atoms with Gasteiger partial charge < -0.3 is 10.2 Å². The Labute approximate surface area is 156 Å². The van der Waals surface area contributed by atoms with E-state index < -0.39 is 9.84 Å². The highest BCUT2D eigenvalue weighted by Gasteiger charge is 2.32. The number of aromatic nitrogens is 1. The number of nitrogens with zero attached hydrogens (tertiary/aromatic N) is 2. The van der Waals surface area contributed by atoms with Crippen LogP contribution in [0.4, 0.5) is 5.69 Å². The molecular weight excluding hydrogens is 350 g/mol. The molecule has 1 aliphatic carbocycles. The number of anilines is 1. The van der Waals surface area contributed by atoms with Crippen molar-refractivity contribution in [2.75, 3.05) is 23.0 Å². The van der Waals surface area contributed by atoms with Gasteiger partial charge in [-0.25, -0.2) is 8.42 Å². The summed E-state index contributed by atoms with van der Waals surface area (Å²) in [7, 11) is -2.94. The van der Waals surface area contributed by atoms with Crippen molar-refractivity contribution >= 4 is 21.4 Å². The van der Waals surface area contributed by atoms with Crippen LogP contribution in [-0.2, 0) is 9.84 Å². The number of sulfone groups is 1. The van der Waals surface area contributed by atoms with Gasteiger partial charge in [0.15, 0.2) is 9.84 Å². The Morgan fingerprint density at radius 1 is 1.23 bits per heavy atom. The first-order valence-corrected chi connectivity index (χ1v) is 11.5. The maximum absolute atomic E-state index is 12.6. The molecule has 1 saturated carbocycles. The van der Waals surface area contributed by atoms with Gasteiger partial charge in [0.05, 0.1) is 11.5 Å². The first-order valence-electron chi connectivity index (χ1n) is 9.72. The lowest BCUT2D eigenvalue weighted by molar-refractivity contribution is 0.0928. The first kappa shape index (κ1) is 19.1. The highest BCUT2D eigenvalue weighted by Crippen LogP contribution is 2.24. The van der Waals surface area contributed by atoms with Gasteiger partial charge in [-0.3, -0.25) is 9.78 Å². The average Bonchev–Trinajstić information content (AvgIpc) is 2.82. The van der Waals surface area contributed by atoms with E-state index in [2.05, 4.69) is 15.2 Å². The molecule has 2 heterocycles. The second kappa shape index (κ2) is 8.37. The van der Waals surface area contributed by atoms with E-state index in [-0.39, 0.29) is 29.5 Å². The largest absolute Gasteiger partial charge is 0.368 e. The van der Waals surface area contributed by atoms with Crippen molar-refractivity contribution in [3.05, 3.63) is 24.0 Å². The molecule has 0 radical (unpaired) electrons. The van der Waals surface area contributed by atoms with E-state index in [1.807, 2.05) is 13.0 Å². The zero-order valence-corrected chi connectivity index (χ0v) is 16.3. The normalized spacial score (nSPS) is 23.3. The predicted molar refractivity (Wildman–Crippen MR) is 103 cm³/mol. The number of nitrogens with one attached hydrogen (secondary N) is 1. The fraction of sp³-hybridized carbons (Fsp3) is 0.684. The van der Waals surface area contributed by atoms with Crippen LogP contribution in [0.5, 0.6) is 0 Å². The van der Waals surface area contributed by atoms with Gasteiger partial charge in [-0.1, -0.05) is 25.7 Å². The number of pyridine rings is 1. The molecule has 1 saturated heterocycles. The molecule has 26 heavy (non-hydrogen) atoms. The van der Waals surface area contributed by atoms with Gasteiger partial charge in [0.1, 0.15) is 5.69 Å². The van der Waals surface area contributed by atoms with Gasteiger partial charge in [0, 0.05) is 30.5 Å². The average molecular weight is 380 g/mol. The highest BCUT2D eigenvalue weighted by molar-refractivity contribution is 7.91. The van der Waals surface area contributed by atoms with Crippen LogP contribution in [-0.4, -0.2) is 49.4 Å². The number of rotatable bonds is 5. The fourth-order valence-corrected chi connectivity index (χ4v) is 5.81. The monoisotopic (exact) mass is 379 g/mol. The first-order chi connectivity index (χ1) is 12.5. The molecule has 0 bridgehead atoms. The summed E-state index contributed by atoms with van der Waals surface area (Å²) in [5.74, 6) is 0.301. The molecule has 3 rings (SSSR count). The Kier molecular flexibility index (Phi) is 6.16. The molecule has 0 aromatic carbocycles. The summed E-state index contributed by atoms with van der Waals surface area (Å²) in [4.78, 5) is 18.9. The van der Waals surface area contributed by atoms with Crippen molar-refractivity contribution in [3.63, 3.8) is 0 Å². The van der Waals surface area contributed by atoms with Gasteiger partial charge in [0.25, 0.3) is 5.91 Å². The predicted octanol–water partition coefficient (Wildman–Crippen LogP) is 2.55. The summed E-state index contributed by atoms with van der Waals surface area (Å²) in [6.07, 6.45) is 9.17. The number of hydrogen-bond acceptors (Lipinski definition) is 5. The van der Waals surface area contributed by atoms with Gasteiger partial charge in [-0.05, 0) is 38.3 Å². The molecule has 2 fully saturated rings. The molecule has 7 heteroatoms. The molecule has 6 nitrogen and oxygen atoms in total. The van der Waals surface area contributed by atoms with Crippen molar-refractivity contribution < 1.29 is 13.2 Å². The van der Waals surface area contributed by atoms with E-state index >= 15 is 0 Å². The maximum Gasteiger partial charge on any atom is 0.270 e. The van der Waals surface area contributed by atoms with E-state index in [4.69, 9.17) is 0 Å². The second-order valence-electron chi connectivity index (χ2n) is 7.40. The highest BCUT2D eigenvalue weighted by atomic mass is 32.2. The molecule has 144 valence electrons. The molecular formula is C19H29N3O3S. The van der Waals surface area contributed by atoms with Crippen LogP contribution in [0.3, 0.4) is 0 Å². The van der Waals surface area contributed by atoms with Crippen LogP contribution in [0, 0.1) is 0 Å². The van der Waals surface area contributed by atoms with Crippen LogP contribution < -0.4 is 10.2 Å². The Hall–Kier alpha value is -1.63. The second-order valence-corrected chi connectivity index (χ2v) is 9.63. The van der Waals surface area contributed by atoms with Crippen molar-refractivity contribution in [2.45, 2.75) is 64.0 Å². The Morgan fingerprint density at radius 2 is 1.96 bits per heavy atom. The van der Waals surface area contributed by atoms with Gasteiger partial charge >= 0.3 is 0 Å². The lowest BCUT2D eigenvalue weighted by atomic mass is 10.1. The van der Waals surface area contributed by atoms with Gasteiger partial charge in [-0.2, -0.15) is 0 Å². The van der Waals surface area contributed by atoms with Crippen LogP contribution in [0.1, 0.15) is 62.4 Å². The van der Waals surface area contributed by atoms with Gasteiger partial charge in [0.2, 0.25) is 0 Å². The maximum atomic E-state index is 12.6. The van der Waals surface area contributed by atoms with E-state index in [1.165, 1.54) is 12.8 Å². The van der Waals surface area contributed by atoms with E-state index in [1.54, 1.807) is 12.3 Å². The summed E-state index contributed by atoms with van der Waals surface area (Å²) in [6, 6.07) is 3.86. The summed E-state index contributed by atoms with van der Waals surface area (Å²) < 4.78 is 23.6. The third-order valence-corrected chi connectivity index (χ3v) is 7.24. The molecule has 1 unspecified atom stereocenters. The zero-order chi connectivity index (χ0) is 18.6. The lowest BCUT2D eigenvalue weighted by Crippen LogP contribution is -2.37. The number of carbonyl (C=O) groups is 1. The molecule has 0 spiro atoms. The van der Waals surface area contributed by atoms with E-state index in [9.17, 15) is 13.2 Å². The molecule has 1 amide bonds. The van der Waals surface area contributed by atoms with Gasteiger partial charge in [-0.15, -0.1) is 0 Å².